The molecule has 0 fully saturated rings. The van der Waals surface area contributed by atoms with Crippen LogP contribution in [0.4, 0.5) is 0 Å². The van der Waals surface area contributed by atoms with Gasteiger partial charge in [0.05, 0.1) is 17.1 Å². The van der Waals surface area contributed by atoms with Gasteiger partial charge in [0.1, 0.15) is 22.6 Å². The molecule has 0 amide bonds. The van der Waals surface area contributed by atoms with Crippen LogP contribution in [-0.4, -0.2) is 20.9 Å². The van der Waals surface area contributed by atoms with Crippen molar-refractivity contribution in [1.82, 2.24) is 9.78 Å². The standard InChI is InChI=1S/C33H24N2O3/c36-32(37)27-19-10-11-21-30(27)38-31-22-12-20-29-28(31)23-34-35(29)33(24-13-4-1-5-14-24,25-15-6-2-7-16-25)26-17-8-3-9-18-26/h1-23H,(H,36,37). The molecule has 0 saturated carbocycles. The Morgan fingerprint density at radius 2 is 1.13 bits per heavy atom. The maximum Gasteiger partial charge on any atom is 0.339 e. The van der Waals surface area contributed by atoms with Crippen molar-refractivity contribution in [3.63, 3.8) is 0 Å². The summed E-state index contributed by atoms with van der Waals surface area (Å²) in [6, 6.07) is 43.4. The topological polar surface area (TPSA) is 64.3 Å². The summed E-state index contributed by atoms with van der Waals surface area (Å²) in [5.74, 6) is -0.231. The molecule has 0 aliphatic rings. The highest BCUT2D eigenvalue weighted by molar-refractivity contribution is 5.92. The minimum absolute atomic E-state index is 0.101. The summed E-state index contributed by atoms with van der Waals surface area (Å²) in [7, 11) is 0. The fourth-order valence-corrected chi connectivity index (χ4v) is 5.14. The molecule has 184 valence electrons. The summed E-state index contributed by atoms with van der Waals surface area (Å²) < 4.78 is 8.23. The number of hydrogen-bond donors (Lipinski definition) is 1. The first-order chi connectivity index (χ1) is 18.7. The van der Waals surface area contributed by atoms with Crippen LogP contribution in [-0.2, 0) is 5.54 Å². The molecule has 0 aliphatic heterocycles. The van der Waals surface area contributed by atoms with Gasteiger partial charge in [-0.15, -0.1) is 0 Å². The number of nitrogens with zero attached hydrogens (tertiary/aromatic N) is 2. The molecular formula is C33H24N2O3. The number of aromatic carboxylic acids is 1. The summed E-state index contributed by atoms with van der Waals surface area (Å²) in [4.78, 5) is 11.8. The van der Waals surface area contributed by atoms with E-state index in [0.717, 1.165) is 27.6 Å². The Kier molecular flexibility index (Phi) is 5.94. The number of carboxylic acids is 1. The van der Waals surface area contributed by atoms with Crippen LogP contribution in [0.15, 0.2) is 140 Å². The Morgan fingerprint density at radius 3 is 1.68 bits per heavy atom. The number of aromatic nitrogens is 2. The number of fused-ring (bicyclic) bond motifs is 1. The van der Waals surface area contributed by atoms with Crippen molar-refractivity contribution in [1.29, 1.82) is 0 Å². The Labute approximate surface area is 220 Å². The molecular weight excluding hydrogens is 472 g/mol. The summed E-state index contributed by atoms with van der Waals surface area (Å²) >= 11 is 0. The third-order valence-electron chi connectivity index (χ3n) is 6.80. The molecule has 5 aromatic carbocycles. The van der Waals surface area contributed by atoms with E-state index >= 15 is 0 Å². The monoisotopic (exact) mass is 496 g/mol. The highest BCUT2D eigenvalue weighted by atomic mass is 16.5. The van der Waals surface area contributed by atoms with Crippen LogP contribution in [0.25, 0.3) is 10.9 Å². The van der Waals surface area contributed by atoms with Gasteiger partial charge in [0.15, 0.2) is 0 Å². The van der Waals surface area contributed by atoms with Crippen LogP contribution in [0.1, 0.15) is 27.0 Å². The van der Waals surface area contributed by atoms with Crippen LogP contribution in [0.3, 0.4) is 0 Å². The molecule has 0 aliphatic carbocycles. The van der Waals surface area contributed by atoms with Crippen molar-refractivity contribution in [2.24, 2.45) is 0 Å². The van der Waals surface area contributed by atoms with E-state index in [1.807, 2.05) is 77.5 Å². The highest BCUT2D eigenvalue weighted by Gasteiger charge is 2.40. The number of rotatable bonds is 7. The second-order valence-corrected chi connectivity index (χ2v) is 8.96. The zero-order valence-corrected chi connectivity index (χ0v) is 20.4. The van der Waals surface area contributed by atoms with Gasteiger partial charge in [-0.25, -0.2) is 9.48 Å². The number of carbonyl (C=O) groups is 1. The van der Waals surface area contributed by atoms with Gasteiger partial charge < -0.3 is 9.84 Å². The molecule has 0 saturated heterocycles. The molecule has 0 radical (unpaired) electrons. The van der Waals surface area contributed by atoms with Gasteiger partial charge in [0, 0.05) is 0 Å². The normalized spacial score (nSPS) is 11.4. The number of hydrogen-bond acceptors (Lipinski definition) is 3. The summed E-state index contributed by atoms with van der Waals surface area (Å²) in [5.41, 5.74) is 3.36. The van der Waals surface area contributed by atoms with Gasteiger partial charge in [-0.3, -0.25) is 0 Å². The van der Waals surface area contributed by atoms with Crippen LogP contribution >= 0.6 is 0 Å². The van der Waals surface area contributed by atoms with E-state index in [-0.39, 0.29) is 11.3 Å². The second-order valence-electron chi connectivity index (χ2n) is 8.96. The summed E-state index contributed by atoms with van der Waals surface area (Å²) in [6.07, 6.45) is 1.79. The lowest BCUT2D eigenvalue weighted by Crippen LogP contribution is -2.38. The Morgan fingerprint density at radius 1 is 0.632 bits per heavy atom. The molecule has 0 unspecified atom stereocenters. The molecule has 6 rings (SSSR count). The fraction of sp³-hybridized carbons (Fsp3) is 0.0303. The van der Waals surface area contributed by atoms with Crippen molar-refractivity contribution in [2.45, 2.75) is 5.54 Å². The first-order valence-corrected chi connectivity index (χ1v) is 12.3. The summed E-state index contributed by atoms with van der Waals surface area (Å²) in [6.45, 7) is 0. The predicted molar refractivity (Wildman–Crippen MR) is 148 cm³/mol. The van der Waals surface area contributed by atoms with Gasteiger partial charge >= 0.3 is 5.97 Å². The lowest BCUT2D eigenvalue weighted by molar-refractivity contribution is 0.0694. The fourth-order valence-electron chi connectivity index (χ4n) is 5.14. The van der Waals surface area contributed by atoms with Crippen molar-refractivity contribution in [3.8, 4) is 11.5 Å². The molecule has 5 heteroatoms. The third-order valence-corrected chi connectivity index (χ3v) is 6.80. The minimum Gasteiger partial charge on any atom is -0.478 e. The lowest BCUT2D eigenvalue weighted by atomic mass is 9.77. The number of para-hydroxylation sites is 1. The first kappa shape index (κ1) is 23.3. The van der Waals surface area contributed by atoms with Crippen molar-refractivity contribution in [2.75, 3.05) is 0 Å². The van der Waals surface area contributed by atoms with Crippen LogP contribution in [0, 0.1) is 0 Å². The summed E-state index contributed by atoms with van der Waals surface area (Å²) in [5, 5.41) is 15.4. The van der Waals surface area contributed by atoms with E-state index in [4.69, 9.17) is 9.84 Å². The average Bonchev–Trinajstić information content (AvgIpc) is 3.41. The smallest absolute Gasteiger partial charge is 0.339 e. The van der Waals surface area contributed by atoms with Crippen LogP contribution in [0.5, 0.6) is 11.5 Å². The zero-order valence-electron chi connectivity index (χ0n) is 20.4. The highest BCUT2D eigenvalue weighted by Crippen LogP contribution is 2.43. The molecule has 0 bridgehead atoms. The third kappa shape index (κ3) is 3.82. The predicted octanol–water partition coefficient (Wildman–Crippen LogP) is 7.37. The Balaban J connectivity index is 1.63. The second kappa shape index (κ2) is 9.71. The van der Waals surface area contributed by atoms with Crippen molar-refractivity contribution >= 4 is 16.9 Å². The molecule has 1 aromatic heterocycles. The van der Waals surface area contributed by atoms with Crippen LogP contribution in [0.2, 0.25) is 0 Å². The molecule has 38 heavy (non-hydrogen) atoms. The van der Waals surface area contributed by atoms with Crippen LogP contribution < -0.4 is 4.74 Å². The van der Waals surface area contributed by atoms with E-state index < -0.39 is 11.5 Å². The zero-order chi connectivity index (χ0) is 26.0. The number of carboxylic acid groups (broad SMARTS) is 1. The average molecular weight is 497 g/mol. The van der Waals surface area contributed by atoms with Gasteiger partial charge in [-0.2, -0.15) is 5.10 Å². The number of ether oxygens (including phenoxy) is 1. The molecule has 0 atom stereocenters. The van der Waals surface area contributed by atoms with E-state index in [1.54, 1.807) is 24.4 Å². The maximum atomic E-state index is 11.8. The van der Waals surface area contributed by atoms with E-state index in [2.05, 4.69) is 36.4 Å². The maximum absolute atomic E-state index is 11.8. The Bertz CT molecular complexity index is 1610. The van der Waals surface area contributed by atoms with E-state index in [0.29, 0.717) is 5.75 Å². The first-order valence-electron chi connectivity index (χ1n) is 12.3. The Hall–Kier alpha value is -5.16. The SMILES string of the molecule is O=C(O)c1ccccc1Oc1cccc2c1cnn2C(c1ccccc1)(c1ccccc1)c1ccccc1. The molecule has 1 heterocycles. The quantitative estimate of drug-likeness (QED) is 0.234. The molecule has 0 spiro atoms. The van der Waals surface area contributed by atoms with Gasteiger partial charge in [-0.1, -0.05) is 109 Å². The largest absolute Gasteiger partial charge is 0.478 e. The molecule has 6 aromatic rings. The van der Waals surface area contributed by atoms with Crippen molar-refractivity contribution < 1.29 is 14.6 Å². The minimum atomic E-state index is -1.04. The van der Waals surface area contributed by atoms with E-state index in [1.165, 1.54) is 6.07 Å². The molecule has 1 N–H and O–H groups in total. The van der Waals surface area contributed by atoms with E-state index in [9.17, 15) is 9.90 Å². The van der Waals surface area contributed by atoms with Gasteiger partial charge in [-0.05, 0) is 41.0 Å². The van der Waals surface area contributed by atoms with Gasteiger partial charge in [0.25, 0.3) is 0 Å². The molecule has 5 nitrogen and oxygen atoms in total. The lowest BCUT2D eigenvalue weighted by Gasteiger charge is -2.37. The number of benzene rings is 5. The van der Waals surface area contributed by atoms with Crippen molar-refractivity contribution in [3.05, 3.63) is 162 Å². The van der Waals surface area contributed by atoms with Gasteiger partial charge in [0.2, 0.25) is 0 Å².